The zero-order valence-electron chi connectivity index (χ0n) is 23.2. The normalized spacial score (nSPS) is 24.8. The molecule has 0 radical (unpaired) electrons. The molecule has 3 unspecified atom stereocenters. The van der Waals surface area contributed by atoms with Crippen LogP contribution in [-0.2, 0) is 5.41 Å². The van der Waals surface area contributed by atoms with E-state index in [0.29, 0.717) is 11.8 Å². The molecular formula is C34H36N4. The molecule has 7 rings (SSSR count). The average molecular weight is 501 g/mol. The zero-order chi connectivity index (χ0) is 26.4. The Balaban J connectivity index is 1.49. The lowest BCUT2D eigenvalue weighted by Gasteiger charge is -2.44. The van der Waals surface area contributed by atoms with Crippen molar-refractivity contribution >= 4 is 23.0 Å². The smallest absolute Gasteiger partial charge is 0.178 e. The van der Waals surface area contributed by atoms with Crippen LogP contribution in [0, 0.1) is 5.41 Å². The van der Waals surface area contributed by atoms with Crippen LogP contribution in [-0.4, -0.2) is 16.1 Å². The van der Waals surface area contributed by atoms with E-state index in [0.717, 1.165) is 18.1 Å². The van der Waals surface area contributed by atoms with E-state index >= 15 is 0 Å². The maximum atomic E-state index is 4.94. The number of fused-ring (bicyclic) bond motifs is 8. The third-order valence-corrected chi connectivity index (χ3v) is 9.58. The minimum Gasteiger partial charge on any atom is -0.301 e. The van der Waals surface area contributed by atoms with Crippen LogP contribution < -0.4 is 9.80 Å². The number of benzene rings is 3. The highest BCUT2D eigenvalue weighted by atomic mass is 15.5. The molecule has 4 aromatic rings. The second-order valence-electron chi connectivity index (χ2n) is 12.4. The molecule has 2 aliphatic heterocycles. The molecule has 0 amide bonds. The Hall–Kier alpha value is -3.66. The second-order valence-corrected chi connectivity index (χ2v) is 12.4. The van der Waals surface area contributed by atoms with E-state index in [1.54, 1.807) is 0 Å². The summed E-state index contributed by atoms with van der Waals surface area (Å²) >= 11 is 0. The van der Waals surface area contributed by atoms with E-state index in [1.807, 2.05) is 12.4 Å². The minimum absolute atomic E-state index is 0.0820. The first-order valence-electron chi connectivity index (χ1n) is 14.0. The highest BCUT2D eigenvalue weighted by Gasteiger charge is 2.73. The van der Waals surface area contributed by atoms with Gasteiger partial charge in [-0.2, -0.15) is 0 Å². The van der Waals surface area contributed by atoms with E-state index < -0.39 is 0 Å². The number of hydrogen-bond donors (Lipinski definition) is 0. The molecule has 3 aliphatic rings. The van der Waals surface area contributed by atoms with E-state index in [9.17, 15) is 0 Å². The Kier molecular flexibility index (Phi) is 4.89. The van der Waals surface area contributed by atoms with Gasteiger partial charge in [0.15, 0.2) is 11.6 Å². The molecule has 38 heavy (non-hydrogen) atoms. The van der Waals surface area contributed by atoms with Gasteiger partial charge in [0.2, 0.25) is 0 Å². The predicted octanol–water partition coefficient (Wildman–Crippen LogP) is 8.69. The number of hydrogen-bond acceptors (Lipinski definition) is 4. The fraction of sp³-hybridized carbons (Fsp3) is 0.353. The maximum absolute atomic E-state index is 4.94. The SMILES string of the molecule is CC(C)c1cccc(C(C)C)c1-c1ccc2c(c1)N1c3nccnc3N(c3ccccc3)C1C1(C)CC21C. The fourth-order valence-corrected chi connectivity index (χ4v) is 7.38. The molecule has 1 aromatic heterocycles. The van der Waals surface area contributed by atoms with Crippen LogP contribution >= 0.6 is 0 Å². The summed E-state index contributed by atoms with van der Waals surface area (Å²) in [4.78, 5) is 14.8. The van der Waals surface area contributed by atoms with Crippen molar-refractivity contribution in [2.75, 3.05) is 9.80 Å². The number of aromatic nitrogens is 2. The molecule has 3 atom stereocenters. The summed E-state index contributed by atoms with van der Waals surface area (Å²) in [5.74, 6) is 2.80. The first-order valence-corrected chi connectivity index (χ1v) is 14.0. The molecule has 1 fully saturated rings. The molecule has 0 saturated heterocycles. The van der Waals surface area contributed by atoms with Crippen molar-refractivity contribution in [3.63, 3.8) is 0 Å². The molecule has 0 bridgehead atoms. The van der Waals surface area contributed by atoms with E-state index in [-0.39, 0.29) is 17.0 Å². The van der Waals surface area contributed by atoms with Gasteiger partial charge >= 0.3 is 0 Å². The Labute approximate surface area is 226 Å². The highest BCUT2D eigenvalue weighted by Crippen LogP contribution is 2.75. The molecule has 4 nitrogen and oxygen atoms in total. The van der Waals surface area contributed by atoms with Gasteiger partial charge in [0.05, 0.1) is 0 Å². The fourth-order valence-electron chi connectivity index (χ4n) is 7.38. The highest BCUT2D eigenvalue weighted by molar-refractivity contribution is 5.90. The lowest BCUT2D eigenvalue weighted by atomic mass is 9.79. The van der Waals surface area contributed by atoms with Crippen molar-refractivity contribution in [2.24, 2.45) is 5.41 Å². The van der Waals surface area contributed by atoms with Crippen LogP contribution in [0.2, 0.25) is 0 Å². The Morgan fingerprint density at radius 2 is 1.39 bits per heavy atom. The number of rotatable bonds is 4. The lowest BCUT2D eigenvalue weighted by molar-refractivity contribution is 0.371. The molecular weight excluding hydrogens is 464 g/mol. The lowest BCUT2D eigenvalue weighted by Crippen LogP contribution is -2.50. The van der Waals surface area contributed by atoms with Gasteiger partial charge in [-0.05, 0) is 64.3 Å². The molecule has 3 aromatic carbocycles. The van der Waals surface area contributed by atoms with Gasteiger partial charge in [-0.1, -0.05) is 90.1 Å². The first-order chi connectivity index (χ1) is 18.3. The topological polar surface area (TPSA) is 32.3 Å². The Bertz CT molecular complexity index is 1530. The monoisotopic (exact) mass is 500 g/mol. The van der Waals surface area contributed by atoms with Gasteiger partial charge in [-0.15, -0.1) is 0 Å². The number of para-hydroxylation sites is 1. The Morgan fingerprint density at radius 3 is 2.03 bits per heavy atom. The third-order valence-electron chi connectivity index (χ3n) is 9.58. The molecule has 1 aliphatic carbocycles. The van der Waals surface area contributed by atoms with Crippen molar-refractivity contribution < 1.29 is 0 Å². The summed E-state index contributed by atoms with van der Waals surface area (Å²) in [7, 11) is 0. The van der Waals surface area contributed by atoms with Crippen LogP contribution in [0.15, 0.2) is 79.1 Å². The van der Waals surface area contributed by atoms with Crippen molar-refractivity contribution in [1.82, 2.24) is 9.97 Å². The second kappa shape index (κ2) is 7.92. The van der Waals surface area contributed by atoms with Crippen LogP contribution in [0.4, 0.5) is 23.0 Å². The number of anilines is 4. The van der Waals surface area contributed by atoms with Gasteiger partial charge in [0, 0.05) is 34.6 Å². The number of nitrogens with zero attached hydrogens (tertiary/aromatic N) is 4. The molecule has 0 spiro atoms. The van der Waals surface area contributed by atoms with Gasteiger partial charge in [-0.25, -0.2) is 9.97 Å². The van der Waals surface area contributed by atoms with Crippen molar-refractivity contribution in [1.29, 1.82) is 0 Å². The van der Waals surface area contributed by atoms with Crippen molar-refractivity contribution in [3.8, 4) is 11.1 Å². The summed E-state index contributed by atoms with van der Waals surface area (Å²) < 4.78 is 0. The molecule has 3 heterocycles. The molecule has 0 N–H and O–H groups in total. The van der Waals surface area contributed by atoms with Gasteiger partial charge in [-0.3, -0.25) is 0 Å². The Morgan fingerprint density at radius 1 is 0.763 bits per heavy atom. The molecule has 1 saturated carbocycles. The van der Waals surface area contributed by atoms with Gasteiger partial charge in [0.1, 0.15) is 6.17 Å². The summed E-state index contributed by atoms with van der Waals surface area (Å²) in [5.41, 5.74) is 9.59. The molecule has 4 heteroatoms. The molecule has 192 valence electrons. The summed E-state index contributed by atoms with van der Waals surface area (Å²) in [6.07, 6.45) is 4.93. The van der Waals surface area contributed by atoms with E-state index in [4.69, 9.17) is 9.97 Å². The van der Waals surface area contributed by atoms with E-state index in [1.165, 1.54) is 39.2 Å². The van der Waals surface area contributed by atoms with E-state index in [2.05, 4.69) is 118 Å². The average Bonchev–Trinajstić information content (AvgIpc) is 3.34. The van der Waals surface area contributed by atoms with Crippen molar-refractivity contribution in [3.05, 3.63) is 95.8 Å². The van der Waals surface area contributed by atoms with Crippen LogP contribution in [0.1, 0.15) is 76.5 Å². The van der Waals surface area contributed by atoms with Crippen molar-refractivity contribution in [2.45, 2.75) is 71.4 Å². The van der Waals surface area contributed by atoms with Gasteiger partial charge < -0.3 is 9.80 Å². The van der Waals surface area contributed by atoms with Crippen LogP contribution in [0.5, 0.6) is 0 Å². The summed E-state index contributed by atoms with van der Waals surface area (Å²) in [6, 6.07) is 24.8. The summed E-state index contributed by atoms with van der Waals surface area (Å²) in [5, 5.41) is 0. The third kappa shape index (κ3) is 2.97. The van der Waals surface area contributed by atoms with Crippen LogP contribution in [0.3, 0.4) is 0 Å². The predicted molar refractivity (Wildman–Crippen MR) is 157 cm³/mol. The quantitative estimate of drug-likeness (QED) is 0.280. The largest absolute Gasteiger partial charge is 0.301 e. The zero-order valence-corrected chi connectivity index (χ0v) is 23.2. The minimum atomic E-state index is 0.0820. The van der Waals surface area contributed by atoms with Gasteiger partial charge in [0.25, 0.3) is 0 Å². The maximum Gasteiger partial charge on any atom is 0.178 e. The van der Waals surface area contributed by atoms with Crippen LogP contribution in [0.25, 0.3) is 11.1 Å². The standard InChI is InChI=1S/C34H36N4/c1-21(2)25-13-10-14-26(22(3)4)29(25)23-15-16-27-28(19-23)38-31-30(35-17-18-36-31)37(24-11-8-7-9-12-24)32(38)34(6)20-33(27,34)5/h7-19,21-22,32H,20H2,1-6H3. The first kappa shape index (κ1) is 23.5. The summed E-state index contributed by atoms with van der Waals surface area (Å²) in [6.45, 7) is 14.1.